The third-order valence-corrected chi connectivity index (χ3v) is 5.37. The summed E-state index contributed by atoms with van der Waals surface area (Å²) in [6.45, 7) is 10.4. The summed E-state index contributed by atoms with van der Waals surface area (Å²) in [6.07, 6.45) is 4.96. The summed E-state index contributed by atoms with van der Waals surface area (Å²) in [6, 6.07) is 4.79. The Morgan fingerprint density at radius 1 is 1.26 bits per heavy atom. The molecule has 0 aromatic heterocycles. The Morgan fingerprint density at radius 3 is 2.35 bits per heavy atom. The van der Waals surface area contributed by atoms with Crippen molar-refractivity contribution in [1.29, 1.82) is 0 Å². The number of urea groups is 1. The number of hydroxylamine groups is 1. The predicted molar refractivity (Wildman–Crippen MR) is 122 cm³/mol. The van der Waals surface area contributed by atoms with Crippen LogP contribution < -0.4 is 20.7 Å². The second kappa shape index (κ2) is 13.3. The van der Waals surface area contributed by atoms with Gasteiger partial charge in [-0.1, -0.05) is 38.8 Å². The van der Waals surface area contributed by atoms with E-state index in [2.05, 4.69) is 23.9 Å². The molecule has 1 aliphatic heterocycles. The van der Waals surface area contributed by atoms with Gasteiger partial charge in [0.1, 0.15) is 5.60 Å². The van der Waals surface area contributed by atoms with Gasteiger partial charge in [-0.05, 0) is 32.8 Å². The molecule has 31 heavy (non-hydrogen) atoms. The van der Waals surface area contributed by atoms with Gasteiger partial charge < -0.3 is 15.2 Å². The van der Waals surface area contributed by atoms with E-state index in [0.29, 0.717) is 11.5 Å². The average Bonchev–Trinajstić information content (AvgIpc) is 3.05. The van der Waals surface area contributed by atoms with Gasteiger partial charge in [0.25, 0.3) is 0 Å². The van der Waals surface area contributed by atoms with Crippen molar-refractivity contribution >= 4 is 24.3 Å². The van der Waals surface area contributed by atoms with Crippen LogP contribution in [0.15, 0.2) is 18.2 Å². The number of hydrogen-bond acceptors (Lipinski definition) is 7. The summed E-state index contributed by atoms with van der Waals surface area (Å²) in [5.41, 5.74) is 6.28. The molecule has 3 amide bonds. The van der Waals surface area contributed by atoms with Crippen LogP contribution in [-0.2, 0) is 6.42 Å². The molecule has 4 N–H and O–H groups in total. The Kier molecular flexibility index (Phi) is 11.5. The minimum absolute atomic E-state index is 0.261. The van der Waals surface area contributed by atoms with E-state index in [9.17, 15) is 9.59 Å². The van der Waals surface area contributed by atoms with Gasteiger partial charge in [-0.2, -0.15) is 0 Å². The first-order valence-corrected chi connectivity index (χ1v) is 11.3. The molecule has 1 aromatic rings. The lowest BCUT2D eigenvalue weighted by Gasteiger charge is -2.25. The second-order valence-electron chi connectivity index (χ2n) is 7.84. The Balaban J connectivity index is 0.000000861. The molecule has 0 atom stereocenters. The number of nitrogens with one attached hydrogen (secondary N) is 1. The largest absolute Gasteiger partial charge is 0.483 e. The smallest absolute Gasteiger partial charge is 0.426 e. The molecule has 2 rings (SSSR count). The third kappa shape index (κ3) is 9.67. The monoisotopic (exact) mass is 456 g/mol. The fourth-order valence-electron chi connectivity index (χ4n) is 2.89. The molecular weight excluding hydrogens is 420 g/mol. The summed E-state index contributed by atoms with van der Waals surface area (Å²) in [4.78, 5) is 21.8. The van der Waals surface area contributed by atoms with Crippen LogP contribution in [0, 0.1) is 0 Å². The van der Waals surface area contributed by atoms with Gasteiger partial charge in [0.05, 0.1) is 0 Å². The molecule has 0 spiro atoms. The van der Waals surface area contributed by atoms with E-state index in [1.807, 2.05) is 26.0 Å². The summed E-state index contributed by atoms with van der Waals surface area (Å²) in [5, 5.41) is 7.42. The summed E-state index contributed by atoms with van der Waals surface area (Å²) >= 11 is 1.44. The SMILES string of the molecule is CCCCN(CCCC)SN(C)C(=O)Oc1cccc2c1OC(C)(C)C2.NC(=O)NO. The Labute approximate surface area is 189 Å². The fourth-order valence-corrected chi connectivity index (χ4v) is 3.77. The van der Waals surface area contributed by atoms with E-state index in [1.54, 1.807) is 17.4 Å². The molecular formula is C21H36N4O5S. The van der Waals surface area contributed by atoms with Crippen LogP contribution in [0.5, 0.6) is 11.5 Å². The highest BCUT2D eigenvalue weighted by Crippen LogP contribution is 2.42. The van der Waals surface area contributed by atoms with Crippen LogP contribution in [0.4, 0.5) is 9.59 Å². The van der Waals surface area contributed by atoms with Crippen molar-refractivity contribution < 1.29 is 24.3 Å². The van der Waals surface area contributed by atoms with Crippen molar-refractivity contribution in [2.24, 2.45) is 5.73 Å². The Bertz CT molecular complexity index is 709. The lowest BCUT2D eigenvalue weighted by Crippen LogP contribution is -2.30. The number of carbonyl (C=O) groups is 2. The van der Waals surface area contributed by atoms with Gasteiger partial charge in [-0.3, -0.25) is 5.21 Å². The number of amides is 3. The maximum atomic E-state index is 12.6. The van der Waals surface area contributed by atoms with Gasteiger partial charge in [-0.25, -0.2) is 23.7 Å². The molecule has 0 aliphatic carbocycles. The fraction of sp³-hybridized carbons (Fsp3) is 0.619. The normalized spacial score (nSPS) is 13.5. The number of para-hydroxylation sites is 1. The van der Waals surface area contributed by atoms with Crippen molar-refractivity contribution in [3.63, 3.8) is 0 Å². The summed E-state index contributed by atoms with van der Waals surface area (Å²) in [5.74, 6) is 1.19. The van der Waals surface area contributed by atoms with Gasteiger partial charge in [0.15, 0.2) is 11.5 Å². The van der Waals surface area contributed by atoms with E-state index in [1.165, 1.54) is 17.6 Å². The van der Waals surface area contributed by atoms with Crippen molar-refractivity contribution in [2.45, 2.75) is 65.4 Å². The maximum Gasteiger partial charge on any atom is 0.426 e. The van der Waals surface area contributed by atoms with Crippen molar-refractivity contribution in [3.8, 4) is 11.5 Å². The third-order valence-electron chi connectivity index (χ3n) is 4.38. The summed E-state index contributed by atoms with van der Waals surface area (Å²) in [7, 11) is 1.76. The van der Waals surface area contributed by atoms with Crippen molar-refractivity contribution in [3.05, 3.63) is 23.8 Å². The number of nitrogens with two attached hydrogens (primary N) is 1. The first-order chi connectivity index (χ1) is 14.6. The lowest BCUT2D eigenvalue weighted by molar-refractivity contribution is 0.131. The van der Waals surface area contributed by atoms with Crippen LogP contribution in [0.25, 0.3) is 0 Å². The standard InChI is InChI=1S/C20H32N2O3S.CH4N2O2/c1-6-8-13-22(14-9-7-2)26-21(5)19(23)24-17-12-10-11-16-15-20(3,4)25-18(16)17;2-1(4)3-5/h10-12H,6-9,13-15H2,1-5H3;5H,(H3,2,3,4). The molecule has 0 bridgehead atoms. The highest BCUT2D eigenvalue weighted by Gasteiger charge is 2.33. The van der Waals surface area contributed by atoms with E-state index >= 15 is 0 Å². The summed E-state index contributed by atoms with van der Waals surface area (Å²) < 4.78 is 15.4. The van der Waals surface area contributed by atoms with Crippen LogP contribution in [0.3, 0.4) is 0 Å². The molecule has 176 valence electrons. The van der Waals surface area contributed by atoms with E-state index in [-0.39, 0.29) is 11.7 Å². The molecule has 1 aromatic carbocycles. The molecule has 10 heteroatoms. The predicted octanol–water partition coefficient (Wildman–Crippen LogP) is 4.34. The minimum Gasteiger partial charge on any atom is -0.483 e. The van der Waals surface area contributed by atoms with Gasteiger partial charge >= 0.3 is 12.1 Å². The number of primary amides is 1. The van der Waals surface area contributed by atoms with E-state index in [0.717, 1.165) is 50.8 Å². The molecule has 0 unspecified atom stereocenters. The molecule has 1 aliphatic rings. The lowest BCUT2D eigenvalue weighted by atomic mass is 10.0. The quantitative estimate of drug-likeness (QED) is 0.287. The molecule has 0 radical (unpaired) electrons. The Morgan fingerprint density at radius 2 is 1.84 bits per heavy atom. The first kappa shape index (κ1) is 26.9. The molecule has 9 nitrogen and oxygen atoms in total. The van der Waals surface area contributed by atoms with Gasteiger partial charge in [0, 0.05) is 44.3 Å². The first-order valence-electron chi connectivity index (χ1n) is 10.5. The van der Waals surface area contributed by atoms with Gasteiger partial charge in [-0.15, -0.1) is 0 Å². The number of carbonyl (C=O) groups excluding carboxylic acids is 2. The zero-order valence-electron chi connectivity index (χ0n) is 19.1. The van der Waals surface area contributed by atoms with Crippen LogP contribution in [0.1, 0.15) is 58.9 Å². The molecule has 0 fully saturated rings. The van der Waals surface area contributed by atoms with Crippen LogP contribution in [0.2, 0.25) is 0 Å². The molecule has 1 heterocycles. The number of ether oxygens (including phenoxy) is 2. The number of unbranched alkanes of at least 4 members (excludes halogenated alkanes) is 2. The minimum atomic E-state index is -0.940. The maximum absolute atomic E-state index is 12.6. The molecule has 0 saturated heterocycles. The zero-order valence-corrected chi connectivity index (χ0v) is 20.0. The zero-order chi connectivity index (χ0) is 23.4. The number of rotatable bonds is 9. The number of fused-ring (bicyclic) bond motifs is 1. The number of benzene rings is 1. The Hall–Kier alpha value is -2.17. The van der Waals surface area contributed by atoms with Crippen molar-refractivity contribution in [2.75, 3.05) is 20.1 Å². The molecule has 0 saturated carbocycles. The number of hydrogen-bond donors (Lipinski definition) is 3. The highest BCUT2D eigenvalue weighted by molar-refractivity contribution is 7.95. The second-order valence-corrected chi connectivity index (χ2v) is 9.07. The van der Waals surface area contributed by atoms with Gasteiger partial charge in [0.2, 0.25) is 0 Å². The van der Waals surface area contributed by atoms with E-state index in [4.69, 9.17) is 14.7 Å². The topological polar surface area (TPSA) is 117 Å². The van der Waals surface area contributed by atoms with Crippen LogP contribution >= 0.6 is 12.1 Å². The van der Waals surface area contributed by atoms with E-state index < -0.39 is 6.03 Å². The van der Waals surface area contributed by atoms with Crippen LogP contribution in [-0.4, -0.2) is 51.7 Å². The highest BCUT2D eigenvalue weighted by atomic mass is 32.2. The number of nitrogens with zero attached hydrogens (tertiary/aromatic N) is 2. The average molecular weight is 457 g/mol. The van der Waals surface area contributed by atoms with Crippen molar-refractivity contribution in [1.82, 2.24) is 14.1 Å².